The lowest BCUT2D eigenvalue weighted by Crippen LogP contribution is -2.37. The fourth-order valence-electron chi connectivity index (χ4n) is 1.64. The Morgan fingerprint density at radius 2 is 2.00 bits per heavy atom. The molecule has 0 fully saturated rings. The molecule has 1 unspecified atom stereocenters. The third-order valence-electron chi connectivity index (χ3n) is 2.42. The van der Waals surface area contributed by atoms with E-state index in [2.05, 4.69) is 4.98 Å². The SMILES string of the molecule is CCN(c1nc(Cl)c(Cl)cc1Cl)C(C)COC. The smallest absolute Gasteiger partial charge is 0.150 e. The second kappa shape index (κ2) is 6.64. The van der Waals surface area contributed by atoms with Crippen LogP contribution >= 0.6 is 34.8 Å². The first-order valence-electron chi connectivity index (χ1n) is 5.28. The second-order valence-electron chi connectivity index (χ2n) is 3.66. The van der Waals surface area contributed by atoms with E-state index < -0.39 is 0 Å². The van der Waals surface area contributed by atoms with Crippen molar-refractivity contribution in [2.75, 3.05) is 25.2 Å². The van der Waals surface area contributed by atoms with Crippen LogP contribution in [-0.2, 0) is 4.74 Å². The van der Waals surface area contributed by atoms with E-state index in [9.17, 15) is 0 Å². The van der Waals surface area contributed by atoms with Crippen molar-refractivity contribution in [3.63, 3.8) is 0 Å². The van der Waals surface area contributed by atoms with Crippen molar-refractivity contribution in [2.24, 2.45) is 0 Å². The van der Waals surface area contributed by atoms with Crippen LogP contribution in [0.5, 0.6) is 0 Å². The minimum Gasteiger partial charge on any atom is -0.383 e. The Kier molecular flexibility index (Phi) is 5.80. The predicted molar refractivity (Wildman–Crippen MR) is 73.6 cm³/mol. The molecule has 0 aromatic carbocycles. The molecule has 0 radical (unpaired) electrons. The maximum Gasteiger partial charge on any atom is 0.150 e. The highest BCUT2D eigenvalue weighted by Crippen LogP contribution is 2.31. The number of rotatable bonds is 5. The van der Waals surface area contributed by atoms with Gasteiger partial charge in [-0.25, -0.2) is 4.98 Å². The summed E-state index contributed by atoms with van der Waals surface area (Å²) in [6.45, 7) is 5.40. The Bertz CT molecular complexity index is 387. The molecule has 0 saturated carbocycles. The summed E-state index contributed by atoms with van der Waals surface area (Å²) in [7, 11) is 1.66. The van der Waals surface area contributed by atoms with Crippen LogP contribution in [0.25, 0.3) is 0 Å². The minimum atomic E-state index is 0.159. The summed E-state index contributed by atoms with van der Waals surface area (Å²) in [4.78, 5) is 6.24. The summed E-state index contributed by atoms with van der Waals surface area (Å²) in [6, 6.07) is 1.77. The number of pyridine rings is 1. The van der Waals surface area contributed by atoms with E-state index in [-0.39, 0.29) is 11.2 Å². The molecule has 3 nitrogen and oxygen atoms in total. The highest BCUT2D eigenvalue weighted by atomic mass is 35.5. The first-order valence-corrected chi connectivity index (χ1v) is 6.41. The molecule has 0 aliphatic heterocycles. The lowest BCUT2D eigenvalue weighted by molar-refractivity contribution is 0.181. The maximum absolute atomic E-state index is 6.13. The van der Waals surface area contributed by atoms with Crippen molar-refractivity contribution in [2.45, 2.75) is 19.9 Å². The number of methoxy groups -OCH3 is 1. The zero-order chi connectivity index (χ0) is 13.0. The van der Waals surface area contributed by atoms with Gasteiger partial charge in [0.25, 0.3) is 0 Å². The number of nitrogens with zero attached hydrogens (tertiary/aromatic N) is 2. The summed E-state index contributed by atoms with van der Waals surface area (Å²) < 4.78 is 5.13. The molecule has 0 saturated heterocycles. The molecule has 96 valence electrons. The normalized spacial score (nSPS) is 12.6. The average molecular weight is 298 g/mol. The van der Waals surface area contributed by atoms with Gasteiger partial charge in [-0.3, -0.25) is 0 Å². The van der Waals surface area contributed by atoms with E-state index in [0.29, 0.717) is 22.5 Å². The Hall–Kier alpha value is -0.220. The highest BCUT2D eigenvalue weighted by Gasteiger charge is 2.18. The van der Waals surface area contributed by atoms with Crippen LogP contribution in [0.2, 0.25) is 15.2 Å². The van der Waals surface area contributed by atoms with Gasteiger partial charge in [-0.05, 0) is 19.9 Å². The van der Waals surface area contributed by atoms with Gasteiger partial charge in [0.15, 0.2) is 0 Å². The number of ether oxygens (including phenoxy) is 1. The monoisotopic (exact) mass is 296 g/mol. The van der Waals surface area contributed by atoms with Crippen molar-refractivity contribution >= 4 is 40.6 Å². The molecule has 0 aliphatic rings. The van der Waals surface area contributed by atoms with Crippen molar-refractivity contribution < 1.29 is 4.74 Å². The molecule has 0 aliphatic carbocycles. The average Bonchev–Trinajstić information content (AvgIpc) is 2.26. The quantitative estimate of drug-likeness (QED) is 0.771. The molecule has 1 heterocycles. The highest BCUT2D eigenvalue weighted by molar-refractivity contribution is 6.42. The van der Waals surface area contributed by atoms with Gasteiger partial charge in [0.2, 0.25) is 0 Å². The molecule has 17 heavy (non-hydrogen) atoms. The Labute approximate surface area is 117 Å². The maximum atomic E-state index is 6.13. The van der Waals surface area contributed by atoms with Crippen LogP contribution < -0.4 is 4.90 Å². The zero-order valence-electron chi connectivity index (χ0n) is 10.0. The first-order chi connectivity index (χ1) is 8.01. The largest absolute Gasteiger partial charge is 0.383 e. The van der Waals surface area contributed by atoms with Gasteiger partial charge in [0.05, 0.1) is 22.7 Å². The summed E-state index contributed by atoms with van der Waals surface area (Å²) in [6.07, 6.45) is 0. The third kappa shape index (κ3) is 3.62. The summed E-state index contributed by atoms with van der Waals surface area (Å²) in [5.41, 5.74) is 0. The number of anilines is 1. The van der Waals surface area contributed by atoms with Gasteiger partial charge >= 0.3 is 0 Å². The number of aromatic nitrogens is 1. The van der Waals surface area contributed by atoms with Gasteiger partial charge < -0.3 is 9.64 Å². The lowest BCUT2D eigenvalue weighted by Gasteiger charge is -2.29. The van der Waals surface area contributed by atoms with Crippen LogP contribution in [0.15, 0.2) is 6.07 Å². The van der Waals surface area contributed by atoms with Crippen molar-refractivity contribution in [1.82, 2.24) is 4.98 Å². The zero-order valence-corrected chi connectivity index (χ0v) is 12.3. The molecule has 1 rings (SSSR count). The molecule has 1 atom stereocenters. The third-order valence-corrected chi connectivity index (χ3v) is 3.37. The number of hydrogen-bond acceptors (Lipinski definition) is 3. The van der Waals surface area contributed by atoms with E-state index in [1.54, 1.807) is 13.2 Å². The van der Waals surface area contributed by atoms with Gasteiger partial charge in [-0.2, -0.15) is 0 Å². The van der Waals surface area contributed by atoms with Crippen LogP contribution in [-0.4, -0.2) is 31.3 Å². The van der Waals surface area contributed by atoms with Gasteiger partial charge in [-0.15, -0.1) is 0 Å². The molecule has 0 amide bonds. The van der Waals surface area contributed by atoms with Crippen LogP contribution in [0.3, 0.4) is 0 Å². The number of likely N-dealkylation sites (N-methyl/N-ethyl adjacent to an activating group) is 1. The Balaban J connectivity index is 3.07. The van der Waals surface area contributed by atoms with Crippen LogP contribution in [0, 0.1) is 0 Å². The fourth-order valence-corrected chi connectivity index (χ4v) is 2.24. The van der Waals surface area contributed by atoms with Gasteiger partial charge in [0.1, 0.15) is 11.0 Å². The van der Waals surface area contributed by atoms with E-state index in [1.807, 2.05) is 18.7 Å². The van der Waals surface area contributed by atoms with E-state index in [0.717, 1.165) is 6.54 Å². The topological polar surface area (TPSA) is 25.4 Å². The molecule has 1 aromatic rings. The van der Waals surface area contributed by atoms with Crippen LogP contribution in [0.4, 0.5) is 5.82 Å². The second-order valence-corrected chi connectivity index (χ2v) is 4.83. The van der Waals surface area contributed by atoms with E-state index in [1.165, 1.54) is 0 Å². The lowest BCUT2D eigenvalue weighted by atomic mass is 10.3. The predicted octanol–water partition coefficient (Wildman–Crippen LogP) is 3.90. The minimum absolute atomic E-state index is 0.159. The Morgan fingerprint density at radius 3 is 2.53 bits per heavy atom. The molecule has 0 spiro atoms. The summed E-state index contributed by atoms with van der Waals surface area (Å²) in [5, 5.41) is 1.11. The van der Waals surface area contributed by atoms with Crippen LogP contribution in [0.1, 0.15) is 13.8 Å². The number of hydrogen-bond donors (Lipinski definition) is 0. The standard InChI is InChI=1S/C11H15Cl3N2O/c1-4-16(7(2)6-17-3)11-9(13)5-8(12)10(14)15-11/h5,7H,4,6H2,1-3H3. The number of halogens is 3. The summed E-state index contributed by atoms with van der Waals surface area (Å²) in [5.74, 6) is 0.633. The molecular weight excluding hydrogens is 282 g/mol. The molecule has 0 N–H and O–H groups in total. The molecule has 6 heteroatoms. The van der Waals surface area contributed by atoms with E-state index >= 15 is 0 Å². The van der Waals surface area contributed by atoms with Crippen molar-refractivity contribution in [3.05, 3.63) is 21.3 Å². The molecule has 1 aromatic heterocycles. The molecule has 0 bridgehead atoms. The van der Waals surface area contributed by atoms with Gasteiger partial charge in [0, 0.05) is 13.7 Å². The fraction of sp³-hybridized carbons (Fsp3) is 0.545. The first kappa shape index (κ1) is 14.8. The summed E-state index contributed by atoms with van der Waals surface area (Å²) >= 11 is 17.9. The van der Waals surface area contributed by atoms with Gasteiger partial charge in [-0.1, -0.05) is 34.8 Å². The van der Waals surface area contributed by atoms with Crippen molar-refractivity contribution in [3.8, 4) is 0 Å². The Morgan fingerprint density at radius 1 is 1.35 bits per heavy atom. The van der Waals surface area contributed by atoms with E-state index in [4.69, 9.17) is 39.5 Å². The van der Waals surface area contributed by atoms with Crippen molar-refractivity contribution in [1.29, 1.82) is 0 Å². The molecular formula is C11H15Cl3N2O.